The van der Waals surface area contributed by atoms with Crippen molar-refractivity contribution in [3.05, 3.63) is 159 Å². The number of para-hydroxylation sites is 1. The second-order valence-corrected chi connectivity index (χ2v) is 15.3. The first-order valence-electron chi connectivity index (χ1n) is 20.7. The summed E-state index contributed by atoms with van der Waals surface area (Å²) in [6, 6.07) is 27.9. The number of nitrogens with one attached hydrogen (secondary N) is 2. The van der Waals surface area contributed by atoms with Crippen LogP contribution in [0.5, 0.6) is 5.75 Å². The lowest BCUT2D eigenvalue weighted by atomic mass is 10.1. The predicted molar refractivity (Wildman–Crippen MR) is 238 cm³/mol. The number of amides is 2. The number of pyridine rings is 1. The molecule has 322 valence electrons. The van der Waals surface area contributed by atoms with Crippen LogP contribution in [0.25, 0.3) is 21.9 Å². The fourth-order valence-corrected chi connectivity index (χ4v) is 7.49. The predicted octanol–water partition coefficient (Wildman–Crippen LogP) is 6.32. The van der Waals surface area contributed by atoms with Gasteiger partial charge in [-0.2, -0.15) is 5.10 Å². The molecule has 0 saturated carbocycles. The van der Waals surface area contributed by atoms with Crippen molar-refractivity contribution in [3.8, 4) is 5.75 Å². The molecule has 15 heteroatoms. The molecular weight excluding hydrogens is 803 g/mol. The van der Waals surface area contributed by atoms with E-state index in [0.717, 1.165) is 59.7 Å². The quantitative estimate of drug-likeness (QED) is 0.104. The number of nitrogens with zero attached hydrogens (tertiary/aromatic N) is 5. The standard InChI is InChI=1S/C48H47N7O8/c1-53-42-14-9-33(23-36(42)28-50-53)30-55(31-34-24-38(60-2)29-49-27-34)16-15-32-7-11-37(12-8-32)51-46(57)39-13-10-35(48(59)62-22-19-54-17-20-61-21-18-54)25-41(39)52-47(58)45-26-43(56)40-5-3-4-6-44(40)63-45/h3-14,23-29H,15-22,30-31H2,1-2H3,(H,51,57)(H,52,58). The number of rotatable bonds is 16. The average molecular weight is 850 g/mol. The molecule has 1 saturated heterocycles. The second-order valence-electron chi connectivity index (χ2n) is 15.3. The Labute approximate surface area is 363 Å². The zero-order chi connectivity index (χ0) is 43.7. The summed E-state index contributed by atoms with van der Waals surface area (Å²) < 4.78 is 24.0. The van der Waals surface area contributed by atoms with Crippen LogP contribution in [0.15, 0.2) is 125 Å². The fourth-order valence-electron chi connectivity index (χ4n) is 7.49. The molecule has 2 amide bonds. The maximum Gasteiger partial charge on any atom is 0.338 e. The van der Waals surface area contributed by atoms with E-state index in [2.05, 4.69) is 48.7 Å². The van der Waals surface area contributed by atoms with E-state index in [9.17, 15) is 19.2 Å². The molecule has 4 heterocycles. The number of carbonyl (C=O) groups is 3. The Kier molecular flexibility index (Phi) is 13.3. The molecule has 0 bridgehead atoms. The molecule has 0 aliphatic carbocycles. The van der Waals surface area contributed by atoms with Crippen molar-refractivity contribution in [2.45, 2.75) is 19.5 Å². The van der Waals surface area contributed by atoms with Gasteiger partial charge in [0, 0.05) is 69.7 Å². The summed E-state index contributed by atoms with van der Waals surface area (Å²) in [5.41, 5.74) is 4.92. The number of morpholine rings is 1. The van der Waals surface area contributed by atoms with Crippen LogP contribution in [0.4, 0.5) is 11.4 Å². The zero-order valence-electron chi connectivity index (χ0n) is 35.0. The summed E-state index contributed by atoms with van der Waals surface area (Å²) in [6.45, 7) is 5.52. The van der Waals surface area contributed by atoms with Gasteiger partial charge in [-0.25, -0.2) is 4.79 Å². The third-order valence-corrected chi connectivity index (χ3v) is 10.9. The first kappa shape index (κ1) is 42.5. The molecule has 63 heavy (non-hydrogen) atoms. The lowest BCUT2D eigenvalue weighted by Gasteiger charge is -2.26. The van der Waals surface area contributed by atoms with E-state index in [0.29, 0.717) is 49.7 Å². The summed E-state index contributed by atoms with van der Waals surface area (Å²) in [4.78, 5) is 62.3. The van der Waals surface area contributed by atoms with Crippen LogP contribution < -0.4 is 20.8 Å². The van der Waals surface area contributed by atoms with Gasteiger partial charge in [0.05, 0.1) is 60.4 Å². The Bertz CT molecular complexity index is 2820. The van der Waals surface area contributed by atoms with Crippen molar-refractivity contribution < 1.29 is 33.0 Å². The van der Waals surface area contributed by atoms with E-state index in [4.69, 9.17) is 18.6 Å². The van der Waals surface area contributed by atoms with Crippen molar-refractivity contribution in [1.82, 2.24) is 24.6 Å². The van der Waals surface area contributed by atoms with Crippen molar-refractivity contribution in [1.29, 1.82) is 0 Å². The third-order valence-electron chi connectivity index (χ3n) is 10.9. The number of carbonyl (C=O) groups excluding carboxylic acids is 3. The second kappa shape index (κ2) is 19.7. The average Bonchev–Trinajstić information content (AvgIpc) is 3.68. The molecule has 1 fully saturated rings. The van der Waals surface area contributed by atoms with E-state index in [1.807, 2.05) is 54.5 Å². The van der Waals surface area contributed by atoms with E-state index < -0.39 is 23.2 Å². The normalized spacial score (nSPS) is 13.0. The highest BCUT2D eigenvalue weighted by atomic mass is 16.5. The minimum Gasteiger partial charge on any atom is -0.495 e. The number of anilines is 2. The Hall–Kier alpha value is -7.20. The van der Waals surface area contributed by atoms with Crippen LogP contribution in [0.1, 0.15) is 48.0 Å². The third kappa shape index (κ3) is 10.6. The smallest absolute Gasteiger partial charge is 0.338 e. The molecule has 1 aliphatic rings. The van der Waals surface area contributed by atoms with E-state index in [-0.39, 0.29) is 34.8 Å². The van der Waals surface area contributed by atoms with Crippen LogP contribution in [0.2, 0.25) is 0 Å². The number of aryl methyl sites for hydroxylation is 1. The van der Waals surface area contributed by atoms with E-state index in [1.54, 1.807) is 37.6 Å². The largest absolute Gasteiger partial charge is 0.495 e. The van der Waals surface area contributed by atoms with E-state index >= 15 is 0 Å². The fraction of sp³-hybridized carbons (Fsp3) is 0.250. The Morgan fingerprint density at radius 3 is 2.44 bits per heavy atom. The molecule has 0 unspecified atom stereocenters. The number of methoxy groups -OCH3 is 1. The van der Waals surface area contributed by atoms with Crippen LogP contribution in [-0.4, -0.2) is 95.5 Å². The Morgan fingerprint density at radius 1 is 0.825 bits per heavy atom. The summed E-state index contributed by atoms with van der Waals surface area (Å²) >= 11 is 0. The lowest BCUT2D eigenvalue weighted by Crippen LogP contribution is -2.38. The number of hydrogen-bond donors (Lipinski definition) is 2. The summed E-state index contributed by atoms with van der Waals surface area (Å²) in [6.07, 6.45) is 6.14. The van der Waals surface area contributed by atoms with Gasteiger partial charge in [-0.1, -0.05) is 30.3 Å². The van der Waals surface area contributed by atoms with Crippen LogP contribution >= 0.6 is 0 Å². The van der Waals surface area contributed by atoms with Crippen molar-refractivity contribution in [2.75, 3.05) is 63.7 Å². The van der Waals surface area contributed by atoms with Gasteiger partial charge in [-0.3, -0.25) is 33.8 Å². The number of esters is 1. The SMILES string of the molecule is COc1cncc(CN(CCc2ccc(NC(=O)c3ccc(C(=O)OCCN4CCOCC4)cc3NC(=O)c3cc(=O)c4ccccc4o3)cc2)Cc2ccc3c(cnn3C)c2)c1. The minimum absolute atomic E-state index is 0.0292. The molecule has 8 rings (SSSR count). The number of aromatic nitrogens is 3. The van der Waals surface area contributed by atoms with Crippen LogP contribution in [0, 0.1) is 0 Å². The van der Waals surface area contributed by atoms with Crippen molar-refractivity contribution in [3.63, 3.8) is 0 Å². The number of hydrogen-bond acceptors (Lipinski definition) is 12. The highest BCUT2D eigenvalue weighted by Crippen LogP contribution is 2.24. The minimum atomic E-state index is -0.775. The Balaban J connectivity index is 0.966. The van der Waals surface area contributed by atoms with Gasteiger partial charge < -0.3 is 29.3 Å². The van der Waals surface area contributed by atoms with Gasteiger partial charge in [0.2, 0.25) is 0 Å². The van der Waals surface area contributed by atoms with Crippen LogP contribution in [0.3, 0.4) is 0 Å². The van der Waals surface area contributed by atoms with Crippen molar-refractivity contribution >= 4 is 51.0 Å². The maximum absolute atomic E-state index is 13.9. The van der Waals surface area contributed by atoms with Gasteiger partial charge >= 0.3 is 5.97 Å². The molecule has 3 aromatic heterocycles. The van der Waals surface area contributed by atoms with Crippen molar-refractivity contribution in [2.24, 2.45) is 7.05 Å². The molecule has 2 N–H and O–H groups in total. The topological polar surface area (TPSA) is 170 Å². The maximum atomic E-state index is 13.9. The number of fused-ring (bicyclic) bond motifs is 2. The van der Waals surface area contributed by atoms with Crippen LogP contribution in [-0.2, 0) is 36.0 Å². The van der Waals surface area contributed by atoms with Gasteiger partial charge in [0.15, 0.2) is 11.2 Å². The highest BCUT2D eigenvalue weighted by molar-refractivity contribution is 6.13. The Morgan fingerprint density at radius 2 is 1.62 bits per heavy atom. The van der Waals surface area contributed by atoms with E-state index in [1.165, 1.54) is 18.2 Å². The summed E-state index contributed by atoms with van der Waals surface area (Å²) in [5.74, 6) is -1.49. The monoisotopic (exact) mass is 849 g/mol. The molecule has 7 aromatic rings. The first-order valence-corrected chi connectivity index (χ1v) is 20.7. The highest BCUT2D eigenvalue weighted by Gasteiger charge is 2.21. The number of ether oxygens (including phenoxy) is 3. The van der Waals surface area contributed by atoms with Gasteiger partial charge in [-0.05, 0) is 83.8 Å². The molecule has 4 aromatic carbocycles. The van der Waals surface area contributed by atoms with Gasteiger partial charge in [-0.15, -0.1) is 0 Å². The molecule has 0 atom stereocenters. The molecule has 15 nitrogen and oxygen atoms in total. The van der Waals surface area contributed by atoms with Gasteiger partial charge in [0.1, 0.15) is 17.9 Å². The molecule has 0 spiro atoms. The molecule has 0 radical (unpaired) electrons. The molecular formula is C48H47N7O8. The zero-order valence-corrected chi connectivity index (χ0v) is 35.0. The molecule has 1 aliphatic heterocycles. The number of benzene rings is 4. The summed E-state index contributed by atoms with van der Waals surface area (Å²) in [5, 5.41) is 11.4. The lowest BCUT2D eigenvalue weighted by molar-refractivity contribution is 0.0195. The summed E-state index contributed by atoms with van der Waals surface area (Å²) in [7, 11) is 3.56. The first-order chi connectivity index (χ1) is 30.7. The van der Waals surface area contributed by atoms with Gasteiger partial charge in [0.25, 0.3) is 11.8 Å².